The molecule has 6 heteroatoms. The summed E-state index contributed by atoms with van der Waals surface area (Å²) in [6.45, 7) is 2.34. The Bertz CT molecular complexity index is 826. The molecule has 1 N–H and O–H groups in total. The first-order chi connectivity index (χ1) is 11.6. The topological polar surface area (TPSA) is 62.1 Å². The molecule has 1 amide bonds. The number of nitrogens with zero attached hydrogens (tertiary/aromatic N) is 1. The molecule has 2 aromatic rings. The van der Waals surface area contributed by atoms with Crippen LogP contribution in [0.15, 0.2) is 48.0 Å². The molecular formula is C18H14Cl2N2O2. The summed E-state index contributed by atoms with van der Waals surface area (Å²) in [6, 6.07) is 13.9. The van der Waals surface area contributed by atoms with Gasteiger partial charge in [-0.2, -0.15) is 5.26 Å². The van der Waals surface area contributed by atoms with Crippen molar-refractivity contribution in [2.75, 3.05) is 11.9 Å². The Balaban J connectivity index is 2.30. The van der Waals surface area contributed by atoms with Crippen LogP contribution < -0.4 is 10.1 Å². The van der Waals surface area contributed by atoms with Gasteiger partial charge in [0.2, 0.25) is 0 Å². The van der Waals surface area contributed by atoms with Crippen LogP contribution in [-0.4, -0.2) is 12.5 Å². The fourth-order valence-corrected chi connectivity index (χ4v) is 2.33. The highest BCUT2D eigenvalue weighted by molar-refractivity contribution is 6.44. The molecular weight excluding hydrogens is 347 g/mol. The number of ether oxygens (including phenoxy) is 1. The molecule has 0 aliphatic heterocycles. The van der Waals surface area contributed by atoms with Crippen LogP contribution in [0.5, 0.6) is 5.75 Å². The molecule has 0 unspecified atom stereocenters. The summed E-state index contributed by atoms with van der Waals surface area (Å²) in [7, 11) is 0. The lowest BCUT2D eigenvalue weighted by molar-refractivity contribution is -0.112. The van der Waals surface area contributed by atoms with Gasteiger partial charge in [0.1, 0.15) is 17.4 Å². The van der Waals surface area contributed by atoms with Crippen LogP contribution >= 0.6 is 23.2 Å². The quantitative estimate of drug-likeness (QED) is 0.606. The average Bonchev–Trinajstić information content (AvgIpc) is 2.58. The van der Waals surface area contributed by atoms with Crippen molar-refractivity contribution in [3.8, 4) is 11.8 Å². The van der Waals surface area contributed by atoms with Crippen LogP contribution in [-0.2, 0) is 4.79 Å². The number of benzene rings is 2. The zero-order valence-electron chi connectivity index (χ0n) is 12.8. The predicted octanol–water partition coefficient (Wildman–Crippen LogP) is 4.94. The summed E-state index contributed by atoms with van der Waals surface area (Å²) in [5.74, 6) is 0.0225. The van der Waals surface area contributed by atoms with Gasteiger partial charge in [-0.15, -0.1) is 0 Å². The van der Waals surface area contributed by atoms with E-state index in [9.17, 15) is 10.1 Å². The van der Waals surface area contributed by atoms with Crippen molar-refractivity contribution in [3.05, 3.63) is 63.6 Å². The number of nitrogens with one attached hydrogen (secondary N) is 1. The molecule has 0 aliphatic carbocycles. The number of carbonyl (C=O) groups excluding carboxylic acids is 1. The van der Waals surface area contributed by atoms with E-state index in [1.807, 2.05) is 19.1 Å². The average molecular weight is 361 g/mol. The highest BCUT2D eigenvalue weighted by Gasteiger charge is 2.13. The third kappa shape index (κ3) is 4.29. The monoisotopic (exact) mass is 360 g/mol. The van der Waals surface area contributed by atoms with E-state index in [1.54, 1.807) is 36.4 Å². The molecule has 0 saturated carbocycles. The van der Waals surface area contributed by atoms with Gasteiger partial charge in [0.15, 0.2) is 0 Å². The lowest BCUT2D eigenvalue weighted by atomic mass is 10.1. The van der Waals surface area contributed by atoms with Gasteiger partial charge < -0.3 is 10.1 Å². The lowest BCUT2D eigenvalue weighted by Crippen LogP contribution is -2.13. The maximum atomic E-state index is 12.3. The molecule has 0 spiro atoms. The van der Waals surface area contributed by atoms with Crippen LogP contribution in [0.25, 0.3) is 6.08 Å². The number of amides is 1. The Morgan fingerprint density at radius 3 is 2.71 bits per heavy atom. The van der Waals surface area contributed by atoms with E-state index in [1.165, 1.54) is 6.08 Å². The van der Waals surface area contributed by atoms with Crippen LogP contribution in [0.2, 0.25) is 10.0 Å². The fourth-order valence-electron chi connectivity index (χ4n) is 1.98. The minimum atomic E-state index is -0.576. The van der Waals surface area contributed by atoms with Gasteiger partial charge in [0.25, 0.3) is 5.91 Å². The van der Waals surface area contributed by atoms with Gasteiger partial charge >= 0.3 is 0 Å². The van der Waals surface area contributed by atoms with Crippen molar-refractivity contribution in [3.63, 3.8) is 0 Å². The highest BCUT2D eigenvalue weighted by atomic mass is 35.5. The van der Waals surface area contributed by atoms with E-state index in [-0.39, 0.29) is 10.6 Å². The molecule has 0 aliphatic rings. The van der Waals surface area contributed by atoms with Crippen molar-refractivity contribution in [2.45, 2.75) is 6.92 Å². The van der Waals surface area contributed by atoms with Crippen molar-refractivity contribution in [2.24, 2.45) is 0 Å². The maximum Gasteiger partial charge on any atom is 0.266 e. The van der Waals surface area contributed by atoms with Crippen molar-refractivity contribution in [1.29, 1.82) is 5.26 Å². The molecule has 24 heavy (non-hydrogen) atoms. The van der Waals surface area contributed by atoms with Crippen LogP contribution in [0.3, 0.4) is 0 Å². The molecule has 0 heterocycles. The van der Waals surface area contributed by atoms with Gasteiger partial charge in [-0.3, -0.25) is 4.79 Å². The number of carbonyl (C=O) groups is 1. The van der Waals surface area contributed by atoms with Crippen molar-refractivity contribution >= 4 is 40.9 Å². The summed E-state index contributed by atoms with van der Waals surface area (Å²) in [5.41, 5.74) is 0.912. The normalized spacial score (nSPS) is 10.8. The molecule has 0 fully saturated rings. The Morgan fingerprint density at radius 1 is 1.25 bits per heavy atom. The zero-order chi connectivity index (χ0) is 17.5. The summed E-state index contributed by atoms with van der Waals surface area (Å²) in [6.07, 6.45) is 1.47. The SMILES string of the molecule is CCOc1ccccc1/C=C(/C#N)C(=O)Nc1cccc(Cl)c1Cl. The second-order valence-corrected chi connectivity index (χ2v) is 5.48. The van der Waals surface area contributed by atoms with Crippen molar-refractivity contribution in [1.82, 2.24) is 0 Å². The molecule has 2 rings (SSSR count). The Hall–Kier alpha value is -2.48. The third-order valence-electron chi connectivity index (χ3n) is 3.08. The molecule has 122 valence electrons. The smallest absolute Gasteiger partial charge is 0.266 e. The van der Waals surface area contributed by atoms with E-state index >= 15 is 0 Å². The Labute approximate surface area is 150 Å². The Morgan fingerprint density at radius 2 is 2.00 bits per heavy atom. The van der Waals surface area contributed by atoms with Gasteiger partial charge in [0.05, 0.1) is 22.3 Å². The number of rotatable bonds is 5. The third-order valence-corrected chi connectivity index (χ3v) is 3.90. The fraction of sp³-hybridized carbons (Fsp3) is 0.111. The van der Waals surface area contributed by atoms with E-state index in [0.717, 1.165) is 0 Å². The molecule has 4 nitrogen and oxygen atoms in total. The molecule has 0 saturated heterocycles. The van der Waals surface area contributed by atoms with Crippen LogP contribution in [0.4, 0.5) is 5.69 Å². The number of hydrogen-bond acceptors (Lipinski definition) is 3. The number of para-hydroxylation sites is 1. The van der Waals surface area contributed by atoms with E-state index in [2.05, 4.69) is 5.32 Å². The Kier molecular flexibility index (Phi) is 6.25. The van der Waals surface area contributed by atoms with Crippen molar-refractivity contribution < 1.29 is 9.53 Å². The summed E-state index contributed by atoms with van der Waals surface area (Å²) in [5, 5.41) is 12.4. The number of hydrogen-bond donors (Lipinski definition) is 1. The zero-order valence-corrected chi connectivity index (χ0v) is 14.4. The number of nitriles is 1. The van der Waals surface area contributed by atoms with Gasteiger partial charge in [0, 0.05) is 5.56 Å². The standard InChI is InChI=1S/C18H14Cl2N2O2/c1-2-24-16-9-4-3-6-12(16)10-13(11-21)18(23)22-15-8-5-7-14(19)17(15)20/h3-10H,2H2,1H3,(H,22,23)/b13-10-. The number of halogens is 2. The van der Waals surface area contributed by atoms with Crippen LogP contribution in [0, 0.1) is 11.3 Å². The van der Waals surface area contributed by atoms with Gasteiger partial charge in [-0.1, -0.05) is 47.5 Å². The van der Waals surface area contributed by atoms with Gasteiger partial charge in [-0.25, -0.2) is 0 Å². The van der Waals surface area contributed by atoms with E-state index in [0.29, 0.717) is 28.6 Å². The number of anilines is 1. The molecule has 2 aromatic carbocycles. The second kappa shape index (κ2) is 8.39. The van der Waals surface area contributed by atoms with E-state index in [4.69, 9.17) is 27.9 Å². The summed E-state index contributed by atoms with van der Waals surface area (Å²) < 4.78 is 5.49. The minimum absolute atomic E-state index is 0.0711. The molecule has 0 aromatic heterocycles. The molecule has 0 atom stereocenters. The summed E-state index contributed by atoms with van der Waals surface area (Å²) in [4.78, 5) is 12.3. The minimum Gasteiger partial charge on any atom is -0.493 e. The highest BCUT2D eigenvalue weighted by Crippen LogP contribution is 2.30. The first-order valence-corrected chi connectivity index (χ1v) is 7.91. The van der Waals surface area contributed by atoms with E-state index < -0.39 is 5.91 Å². The van der Waals surface area contributed by atoms with Crippen LogP contribution in [0.1, 0.15) is 12.5 Å². The molecule has 0 radical (unpaired) electrons. The maximum absolute atomic E-state index is 12.3. The largest absolute Gasteiger partial charge is 0.493 e. The molecule has 0 bridgehead atoms. The predicted molar refractivity (Wildman–Crippen MR) is 96.3 cm³/mol. The lowest BCUT2D eigenvalue weighted by Gasteiger charge is -2.09. The summed E-state index contributed by atoms with van der Waals surface area (Å²) >= 11 is 12.0. The first-order valence-electron chi connectivity index (χ1n) is 7.15. The first kappa shape index (κ1) is 17.9. The second-order valence-electron chi connectivity index (χ2n) is 4.70. The van der Waals surface area contributed by atoms with Gasteiger partial charge in [-0.05, 0) is 31.2 Å².